The summed E-state index contributed by atoms with van der Waals surface area (Å²) in [5.74, 6) is 0.164. The lowest BCUT2D eigenvalue weighted by Crippen LogP contribution is -2.06. The molecule has 1 unspecified atom stereocenters. The van der Waals surface area contributed by atoms with Crippen molar-refractivity contribution in [1.82, 2.24) is 0 Å². The molecule has 2 aromatic rings. The van der Waals surface area contributed by atoms with Crippen molar-refractivity contribution in [3.63, 3.8) is 0 Å². The highest BCUT2D eigenvalue weighted by atomic mass is 79.9. The Morgan fingerprint density at radius 3 is 2.53 bits per heavy atom. The van der Waals surface area contributed by atoms with Crippen LogP contribution in [0.25, 0.3) is 0 Å². The second-order valence-corrected chi connectivity index (χ2v) is 6.25. The average Bonchev–Trinajstić information content (AvgIpc) is 2.36. The fourth-order valence-electron chi connectivity index (χ4n) is 2.31. The molecular formula is C16H15Br2F. The fraction of sp³-hybridized carbons (Fsp3) is 0.250. The largest absolute Gasteiger partial charge is 0.207 e. The molecule has 0 amide bonds. The molecule has 0 heterocycles. The summed E-state index contributed by atoms with van der Waals surface area (Å²) >= 11 is 6.92. The molecular weight excluding hydrogens is 371 g/mol. The van der Waals surface area contributed by atoms with Crippen LogP contribution in [0, 0.1) is 12.7 Å². The van der Waals surface area contributed by atoms with Crippen LogP contribution in [0.1, 0.15) is 22.6 Å². The summed E-state index contributed by atoms with van der Waals surface area (Å²) in [5, 5.41) is 0.867. The van der Waals surface area contributed by atoms with Gasteiger partial charge in [-0.3, -0.25) is 0 Å². The van der Waals surface area contributed by atoms with E-state index >= 15 is 0 Å². The predicted molar refractivity (Wildman–Crippen MR) is 85.5 cm³/mol. The summed E-state index contributed by atoms with van der Waals surface area (Å²) in [7, 11) is 0. The van der Waals surface area contributed by atoms with Gasteiger partial charge in [-0.25, -0.2) is 4.39 Å². The van der Waals surface area contributed by atoms with Crippen molar-refractivity contribution >= 4 is 31.9 Å². The number of halogens is 3. The Kier molecular flexibility index (Phi) is 5.17. The lowest BCUT2D eigenvalue weighted by atomic mass is 9.91. The van der Waals surface area contributed by atoms with E-state index in [2.05, 4.69) is 57.0 Å². The van der Waals surface area contributed by atoms with E-state index in [0.717, 1.165) is 21.8 Å². The van der Waals surface area contributed by atoms with Gasteiger partial charge in [0, 0.05) is 9.80 Å². The van der Waals surface area contributed by atoms with Gasteiger partial charge in [-0.05, 0) is 54.2 Å². The summed E-state index contributed by atoms with van der Waals surface area (Å²) in [6.07, 6.45) is 0.826. The quantitative estimate of drug-likeness (QED) is 0.599. The number of hydrogen-bond acceptors (Lipinski definition) is 0. The Bertz CT molecular complexity index is 546. The minimum Gasteiger partial charge on any atom is -0.207 e. The smallest absolute Gasteiger partial charge is 0.124 e. The number of hydrogen-bond donors (Lipinski definition) is 0. The molecule has 0 spiro atoms. The Balaban J connectivity index is 2.26. The molecule has 0 aliphatic rings. The van der Waals surface area contributed by atoms with E-state index in [1.54, 1.807) is 6.07 Å². The highest BCUT2D eigenvalue weighted by molar-refractivity contribution is 9.10. The standard InChI is InChI=1S/C16H15Br2F/c1-11-4-2-3-5-16(11)13(10-17)6-12-7-14(18)9-15(19)8-12/h2-5,7-9,13H,6,10H2,1H3. The van der Waals surface area contributed by atoms with E-state index in [4.69, 9.17) is 0 Å². The summed E-state index contributed by atoms with van der Waals surface area (Å²) in [5.41, 5.74) is 3.61. The third-order valence-electron chi connectivity index (χ3n) is 3.22. The number of rotatable bonds is 4. The van der Waals surface area contributed by atoms with Gasteiger partial charge >= 0.3 is 0 Å². The highest BCUT2D eigenvalue weighted by Gasteiger charge is 2.13. The molecule has 0 fully saturated rings. The molecule has 0 aliphatic carbocycles. The van der Waals surface area contributed by atoms with Crippen LogP contribution in [0.15, 0.2) is 46.9 Å². The van der Waals surface area contributed by atoms with E-state index in [1.807, 2.05) is 12.1 Å². The van der Waals surface area contributed by atoms with Gasteiger partial charge in [0.05, 0.1) is 0 Å². The van der Waals surface area contributed by atoms with Crippen molar-refractivity contribution in [2.24, 2.45) is 0 Å². The topological polar surface area (TPSA) is 0 Å². The first-order valence-corrected chi connectivity index (χ1v) is 8.08. The second-order valence-electron chi connectivity index (χ2n) is 4.69. The molecule has 19 heavy (non-hydrogen) atoms. The molecule has 0 saturated heterocycles. The molecule has 0 N–H and O–H groups in total. The Hall–Kier alpha value is -0.670. The summed E-state index contributed by atoms with van der Waals surface area (Å²) in [4.78, 5) is 0. The molecule has 100 valence electrons. The number of alkyl halides is 1. The molecule has 0 nitrogen and oxygen atoms in total. The van der Waals surface area contributed by atoms with Gasteiger partial charge < -0.3 is 0 Å². The van der Waals surface area contributed by atoms with Gasteiger partial charge in [-0.1, -0.05) is 56.1 Å². The van der Waals surface area contributed by atoms with Gasteiger partial charge in [0.25, 0.3) is 0 Å². The molecule has 1 atom stereocenters. The molecule has 2 aromatic carbocycles. The van der Waals surface area contributed by atoms with Crippen molar-refractivity contribution in [1.29, 1.82) is 0 Å². The molecule has 0 aromatic heterocycles. The summed E-state index contributed by atoms with van der Waals surface area (Å²) < 4.78 is 14.2. The lowest BCUT2D eigenvalue weighted by Gasteiger charge is -2.17. The average molecular weight is 386 g/mol. The zero-order valence-electron chi connectivity index (χ0n) is 10.7. The van der Waals surface area contributed by atoms with Crippen LogP contribution in [-0.4, -0.2) is 5.33 Å². The maximum atomic E-state index is 13.4. The number of benzene rings is 2. The van der Waals surface area contributed by atoms with Crippen LogP contribution in [0.5, 0.6) is 0 Å². The first kappa shape index (κ1) is 14.7. The first-order valence-electron chi connectivity index (χ1n) is 6.16. The zero-order valence-corrected chi connectivity index (χ0v) is 13.8. The van der Waals surface area contributed by atoms with E-state index in [1.165, 1.54) is 17.2 Å². The normalized spacial score (nSPS) is 12.4. The first-order chi connectivity index (χ1) is 9.10. The second kappa shape index (κ2) is 6.67. The predicted octanol–water partition coefficient (Wildman–Crippen LogP) is 5.62. The van der Waals surface area contributed by atoms with Crippen LogP contribution in [-0.2, 0) is 6.42 Å². The molecule has 0 bridgehead atoms. The van der Waals surface area contributed by atoms with Crippen molar-refractivity contribution in [3.05, 3.63) is 69.4 Å². The summed E-state index contributed by atoms with van der Waals surface area (Å²) in [6, 6.07) is 13.4. The monoisotopic (exact) mass is 384 g/mol. The Morgan fingerprint density at radius 2 is 1.89 bits per heavy atom. The number of aryl methyl sites for hydroxylation is 1. The SMILES string of the molecule is Cc1ccccc1C(CBr)Cc1cc(F)cc(Br)c1. The molecule has 0 aliphatic heterocycles. The zero-order chi connectivity index (χ0) is 13.8. The van der Waals surface area contributed by atoms with Gasteiger partial charge in [-0.2, -0.15) is 0 Å². The maximum Gasteiger partial charge on any atom is 0.124 e. The van der Waals surface area contributed by atoms with Crippen LogP contribution in [0.4, 0.5) is 4.39 Å². The fourth-order valence-corrected chi connectivity index (χ4v) is 3.40. The van der Waals surface area contributed by atoms with Crippen LogP contribution in [0.2, 0.25) is 0 Å². The van der Waals surface area contributed by atoms with E-state index in [-0.39, 0.29) is 5.82 Å². The van der Waals surface area contributed by atoms with E-state index < -0.39 is 0 Å². The van der Waals surface area contributed by atoms with Gasteiger partial charge in [0.1, 0.15) is 5.82 Å². The minimum atomic E-state index is -0.192. The molecule has 3 heteroatoms. The van der Waals surface area contributed by atoms with Crippen molar-refractivity contribution in [3.8, 4) is 0 Å². The third-order valence-corrected chi connectivity index (χ3v) is 4.46. The third kappa shape index (κ3) is 3.90. The lowest BCUT2D eigenvalue weighted by molar-refractivity contribution is 0.622. The highest BCUT2D eigenvalue weighted by Crippen LogP contribution is 2.27. The molecule has 2 rings (SSSR count). The summed E-state index contributed by atoms with van der Waals surface area (Å²) in [6.45, 7) is 2.12. The Morgan fingerprint density at radius 1 is 1.16 bits per heavy atom. The van der Waals surface area contributed by atoms with Crippen LogP contribution >= 0.6 is 31.9 Å². The van der Waals surface area contributed by atoms with Gasteiger partial charge in [-0.15, -0.1) is 0 Å². The van der Waals surface area contributed by atoms with Crippen LogP contribution in [0.3, 0.4) is 0 Å². The molecule has 0 saturated carbocycles. The molecule has 0 radical (unpaired) electrons. The van der Waals surface area contributed by atoms with Gasteiger partial charge in [0.2, 0.25) is 0 Å². The van der Waals surface area contributed by atoms with Crippen LogP contribution < -0.4 is 0 Å². The minimum absolute atomic E-state index is 0.192. The van der Waals surface area contributed by atoms with Crippen molar-refractivity contribution < 1.29 is 4.39 Å². The van der Waals surface area contributed by atoms with Crippen molar-refractivity contribution in [2.75, 3.05) is 5.33 Å². The van der Waals surface area contributed by atoms with Crippen molar-refractivity contribution in [2.45, 2.75) is 19.3 Å². The maximum absolute atomic E-state index is 13.4. The Labute approximate surface area is 130 Å². The van der Waals surface area contributed by atoms with E-state index in [9.17, 15) is 4.39 Å². The van der Waals surface area contributed by atoms with E-state index in [0.29, 0.717) is 5.92 Å². The van der Waals surface area contributed by atoms with Gasteiger partial charge in [0.15, 0.2) is 0 Å².